The molecule has 0 amide bonds. The fourth-order valence-corrected chi connectivity index (χ4v) is 2.47. The van der Waals surface area contributed by atoms with Crippen molar-refractivity contribution >= 4 is 17.1 Å². The fraction of sp³-hybridized carbons (Fsp3) is 0.0556. The number of ether oxygens (including phenoxy) is 1. The molecule has 0 spiro atoms. The predicted octanol–water partition coefficient (Wildman–Crippen LogP) is 4.33. The van der Waals surface area contributed by atoms with Gasteiger partial charge in [-0.15, -0.1) is 0 Å². The number of hydrogen-bond acceptors (Lipinski definition) is 2. The van der Waals surface area contributed by atoms with Crippen LogP contribution in [0.2, 0.25) is 0 Å². The summed E-state index contributed by atoms with van der Waals surface area (Å²) in [6.45, 7) is 0. The van der Waals surface area contributed by atoms with Crippen LogP contribution < -0.4 is 4.74 Å². The zero-order chi connectivity index (χ0) is 13.9. The second-order valence-corrected chi connectivity index (χ2v) is 4.60. The van der Waals surface area contributed by atoms with Crippen molar-refractivity contribution in [3.63, 3.8) is 0 Å². The van der Waals surface area contributed by atoms with Crippen molar-refractivity contribution in [2.45, 2.75) is 0 Å². The first-order valence-electron chi connectivity index (χ1n) is 6.45. The maximum absolute atomic E-state index is 11.1. The SMILES string of the molecule is COc1cccc(-c2ccc(C=O)c3ccccc23)c1. The highest BCUT2D eigenvalue weighted by Crippen LogP contribution is 2.31. The average molecular weight is 262 g/mol. The van der Waals surface area contributed by atoms with Gasteiger partial charge in [0.05, 0.1) is 7.11 Å². The van der Waals surface area contributed by atoms with Gasteiger partial charge < -0.3 is 4.74 Å². The molecule has 0 aromatic heterocycles. The monoisotopic (exact) mass is 262 g/mol. The fourth-order valence-electron chi connectivity index (χ4n) is 2.47. The van der Waals surface area contributed by atoms with E-state index in [1.54, 1.807) is 7.11 Å². The predicted molar refractivity (Wildman–Crippen MR) is 81.3 cm³/mol. The summed E-state index contributed by atoms with van der Waals surface area (Å²) in [7, 11) is 1.66. The van der Waals surface area contributed by atoms with Gasteiger partial charge in [-0.2, -0.15) is 0 Å². The van der Waals surface area contributed by atoms with Crippen LogP contribution in [0.15, 0.2) is 60.7 Å². The molecule has 0 atom stereocenters. The Morgan fingerprint density at radius 3 is 2.45 bits per heavy atom. The normalized spacial score (nSPS) is 10.4. The van der Waals surface area contributed by atoms with Gasteiger partial charge in [0, 0.05) is 5.56 Å². The number of methoxy groups -OCH3 is 1. The number of carbonyl (C=O) groups excluding carboxylic acids is 1. The molecule has 0 bridgehead atoms. The second-order valence-electron chi connectivity index (χ2n) is 4.60. The summed E-state index contributed by atoms with van der Waals surface area (Å²) in [4.78, 5) is 11.1. The van der Waals surface area contributed by atoms with Crippen LogP contribution in [0.1, 0.15) is 10.4 Å². The Balaban J connectivity index is 2.28. The van der Waals surface area contributed by atoms with E-state index in [4.69, 9.17) is 4.74 Å². The van der Waals surface area contributed by atoms with Crippen LogP contribution in [0, 0.1) is 0 Å². The summed E-state index contributed by atoms with van der Waals surface area (Å²) in [5, 5.41) is 2.05. The van der Waals surface area contributed by atoms with Crippen molar-refractivity contribution in [2.24, 2.45) is 0 Å². The molecular weight excluding hydrogens is 248 g/mol. The van der Waals surface area contributed by atoms with Crippen LogP contribution >= 0.6 is 0 Å². The quantitative estimate of drug-likeness (QED) is 0.657. The van der Waals surface area contributed by atoms with Crippen molar-refractivity contribution in [1.29, 1.82) is 0 Å². The molecule has 2 nitrogen and oxygen atoms in total. The van der Waals surface area contributed by atoms with E-state index in [0.29, 0.717) is 5.56 Å². The average Bonchev–Trinajstić information content (AvgIpc) is 2.54. The second kappa shape index (κ2) is 5.17. The molecule has 98 valence electrons. The van der Waals surface area contributed by atoms with Crippen molar-refractivity contribution < 1.29 is 9.53 Å². The number of hydrogen-bond donors (Lipinski definition) is 0. The smallest absolute Gasteiger partial charge is 0.150 e. The molecule has 0 aliphatic carbocycles. The van der Waals surface area contributed by atoms with Crippen LogP contribution in [0.25, 0.3) is 21.9 Å². The molecular formula is C18H14O2. The molecule has 3 rings (SSSR count). The topological polar surface area (TPSA) is 26.3 Å². The Hall–Kier alpha value is -2.61. The number of rotatable bonds is 3. The lowest BCUT2D eigenvalue weighted by Crippen LogP contribution is -1.88. The summed E-state index contributed by atoms with van der Waals surface area (Å²) in [5.74, 6) is 0.825. The Bertz CT molecular complexity index is 775. The number of fused-ring (bicyclic) bond motifs is 1. The highest BCUT2D eigenvalue weighted by atomic mass is 16.5. The Labute approximate surface area is 117 Å². The number of carbonyl (C=O) groups is 1. The lowest BCUT2D eigenvalue weighted by Gasteiger charge is -2.10. The summed E-state index contributed by atoms with van der Waals surface area (Å²) < 4.78 is 5.28. The van der Waals surface area contributed by atoms with Gasteiger partial charge in [-0.25, -0.2) is 0 Å². The van der Waals surface area contributed by atoms with E-state index in [0.717, 1.165) is 33.9 Å². The zero-order valence-corrected chi connectivity index (χ0v) is 11.2. The third-order valence-electron chi connectivity index (χ3n) is 3.47. The van der Waals surface area contributed by atoms with E-state index in [1.165, 1.54) is 0 Å². The highest BCUT2D eigenvalue weighted by Gasteiger charge is 2.07. The molecule has 3 aromatic rings. The van der Waals surface area contributed by atoms with Crippen molar-refractivity contribution in [3.8, 4) is 16.9 Å². The zero-order valence-electron chi connectivity index (χ0n) is 11.2. The maximum atomic E-state index is 11.1. The van der Waals surface area contributed by atoms with Gasteiger partial charge in [0.15, 0.2) is 6.29 Å². The van der Waals surface area contributed by atoms with E-state index >= 15 is 0 Å². The van der Waals surface area contributed by atoms with Gasteiger partial charge in [-0.05, 0) is 34.0 Å². The molecule has 0 fully saturated rings. The van der Waals surface area contributed by atoms with Gasteiger partial charge in [-0.3, -0.25) is 4.79 Å². The third-order valence-corrected chi connectivity index (χ3v) is 3.47. The van der Waals surface area contributed by atoms with E-state index in [1.807, 2.05) is 60.7 Å². The van der Waals surface area contributed by atoms with E-state index in [2.05, 4.69) is 0 Å². The Morgan fingerprint density at radius 1 is 0.900 bits per heavy atom. The summed E-state index contributed by atoms with van der Waals surface area (Å²) in [6.07, 6.45) is 0.900. The van der Waals surface area contributed by atoms with Crippen LogP contribution in [0.4, 0.5) is 0 Å². The molecule has 0 saturated carbocycles. The van der Waals surface area contributed by atoms with Crippen LogP contribution in [0.3, 0.4) is 0 Å². The molecule has 0 saturated heterocycles. The summed E-state index contributed by atoms with van der Waals surface area (Å²) in [6, 6.07) is 19.7. The first-order chi connectivity index (χ1) is 9.83. The maximum Gasteiger partial charge on any atom is 0.150 e. The third kappa shape index (κ3) is 2.05. The molecule has 0 aliphatic rings. The molecule has 0 aliphatic heterocycles. The van der Waals surface area contributed by atoms with Gasteiger partial charge in [0.1, 0.15) is 5.75 Å². The van der Waals surface area contributed by atoms with Crippen LogP contribution in [-0.2, 0) is 0 Å². The van der Waals surface area contributed by atoms with Gasteiger partial charge in [0.25, 0.3) is 0 Å². The first-order valence-corrected chi connectivity index (χ1v) is 6.45. The minimum Gasteiger partial charge on any atom is -0.497 e. The van der Waals surface area contributed by atoms with E-state index in [9.17, 15) is 4.79 Å². The molecule has 0 N–H and O–H groups in total. The first kappa shape index (κ1) is 12.4. The largest absolute Gasteiger partial charge is 0.497 e. The van der Waals surface area contributed by atoms with E-state index in [-0.39, 0.29) is 0 Å². The van der Waals surface area contributed by atoms with Crippen molar-refractivity contribution in [3.05, 3.63) is 66.2 Å². The van der Waals surface area contributed by atoms with Crippen LogP contribution in [0.5, 0.6) is 5.75 Å². The lowest BCUT2D eigenvalue weighted by molar-refractivity contribution is 0.112. The lowest BCUT2D eigenvalue weighted by atomic mass is 9.95. The van der Waals surface area contributed by atoms with Crippen molar-refractivity contribution in [2.75, 3.05) is 7.11 Å². The molecule has 0 radical (unpaired) electrons. The molecule has 0 heterocycles. The van der Waals surface area contributed by atoms with Gasteiger partial charge in [-0.1, -0.05) is 48.5 Å². The summed E-state index contributed by atoms with van der Waals surface area (Å²) >= 11 is 0. The number of benzene rings is 3. The van der Waals surface area contributed by atoms with Gasteiger partial charge >= 0.3 is 0 Å². The minimum atomic E-state index is 0.715. The standard InChI is InChI=1S/C18H14O2/c1-20-15-6-4-5-13(11-15)17-10-9-14(12-19)16-7-2-3-8-18(16)17/h2-12H,1H3. The van der Waals surface area contributed by atoms with Crippen molar-refractivity contribution in [1.82, 2.24) is 0 Å². The summed E-state index contributed by atoms with van der Waals surface area (Å²) in [5.41, 5.74) is 2.90. The van der Waals surface area contributed by atoms with E-state index < -0.39 is 0 Å². The molecule has 20 heavy (non-hydrogen) atoms. The molecule has 2 heteroatoms. The minimum absolute atomic E-state index is 0.715. The molecule has 3 aromatic carbocycles. The number of aldehydes is 1. The highest BCUT2D eigenvalue weighted by molar-refractivity contribution is 6.05. The van der Waals surface area contributed by atoms with Crippen LogP contribution in [-0.4, -0.2) is 13.4 Å². The molecule has 0 unspecified atom stereocenters. The van der Waals surface area contributed by atoms with Gasteiger partial charge in [0.2, 0.25) is 0 Å². The Morgan fingerprint density at radius 2 is 1.70 bits per heavy atom. The Kier molecular flexibility index (Phi) is 3.21.